The van der Waals surface area contributed by atoms with Crippen molar-refractivity contribution >= 4 is 40.3 Å². The van der Waals surface area contributed by atoms with Crippen molar-refractivity contribution in [2.24, 2.45) is 4.99 Å². The molecule has 0 saturated carbocycles. The van der Waals surface area contributed by atoms with Gasteiger partial charge in [-0.15, -0.1) is 0 Å². The number of nitrogens with one attached hydrogen (secondary N) is 2. The molecule has 0 aliphatic rings. The second-order valence-electron chi connectivity index (χ2n) is 6.24. The van der Waals surface area contributed by atoms with Gasteiger partial charge in [0.25, 0.3) is 0 Å². The zero-order valence-corrected chi connectivity index (χ0v) is 21.4. The van der Waals surface area contributed by atoms with Gasteiger partial charge in [-0.05, 0) is 30.5 Å². The van der Waals surface area contributed by atoms with Crippen LogP contribution >= 0.6 is 11.8 Å². The van der Waals surface area contributed by atoms with Crippen LogP contribution in [0.5, 0.6) is 0 Å². The molecule has 2 N–H and O–H groups in total. The van der Waals surface area contributed by atoms with Crippen molar-refractivity contribution in [2.75, 3.05) is 24.2 Å². The fraction of sp³-hybridized carbons (Fsp3) is 0.500. The minimum absolute atomic E-state index is 0. The number of benzene rings is 1. The number of amidine groups is 1. The molecule has 0 fully saturated rings. The number of unbranched alkanes of at least 4 members (excludes halogenated alkanes) is 2. The number of nitrogens with zero attached hydrogens (tertiary/aromatic N) is 1. The van der Waals surface area contributed by atoms with Gasteiger partial charge in [0, 0.05) is 25.2 Å². The van der Waals surface area contributed by atoms with Crippen LogP contribution in [0.4, 0.5) is 5.69 Å². The van der Waals surface area contributed by atoms with E-state index in [2.05, 4.69) is 29.5 Å². The molecule has 1 rings (SSSR count). The van der Waals surface area contributed by atoms with E-state index in [4.69, 9.17) is 0 Å². The molecule has 9 heteroatoms. The Kier molecular flexibility index (Phi) is 16.6. The van der Waals surface area contributed by atoms with Gasteiger partial charge in [-0.3, -0.25) is 14.6 Å². The Morgan fingerprint density at radius 2 is 1.72 bits per heavy atom. The van der Waals surface area contributed by atoms with Gasteiger partial charge in [-0.2, -0.15) is 0 Å². The van der Waals surface area contributed by atoms with E-state index in [0.29, 0.717) is 11.3 Å². The molecule has 1 aromatic rings. The fourth-order valence-corrected chi connectivity index (χ4v) is 2.88. The minimum atomic E-state index is -1.70. The average molecular weight is 446 g/mol. The molecule has 1 aromatic carbocycles. The molecule has 0 saturated heterocycles. The Morgan fingerprint density at radius 3 is 2.31 bits per heavy atom. The molecule has 0 atom stereocenters. The van der Waals surface area contributed by atoms with E-state index < -0.39 is 11.8 Å². The zero-order valence-electron chi connectivity index (χ0n) is 17.5. The Bertz CT molecular complexity index is 681. The van der Waals surface area contributed by atoms with E-state index in [9.17, 15) is 19.5 Å². The molecule has 7 nitrogen and oxygen atoms in total. The largest absolute Gasteiger partial charge is 1.00 e. The number of aliphatic carboxylic acids is 1. The maximum atomic E-state index is 12.2. The van der Waals surface area contributed by atoms with Gasteiger partial charge in [-0.25, -0.2) is 0 Å². The molecule has 0 heterocycles. The normalized spacial score (nSPS) is 10.8. The summed E-state index contributed by atoms with van der Waals surface area (Å²) in [6.07, 6.45) is 3.99. The van der Waals surface area contributed by atoms with Crippen molar-refractivity contribution < 1.29 is 70.9 Å². The molecule has 0 radical (unpaired) electrons. The van der Waals surface area contributed by atoms with E-state index >= 15 is 0 Å². The van der Waals surface area contributed by atoms with Crippen LogP contribution in [-0.2, 0) is 20.8 Å². The van der Waals surface area contributed by atoms with Crippen molar-refractivity contribution in [1.82, 2.24) is 5.32 Å². The summed E-state index contributed by atoms with van der Waals surface area (Å²) >= 11 is 1.37. The molecule has 0 aliphatic carbocycles. The van der Waals surface area contributed by atoms with Crippen LogP contribution in [0.3, 0.4) is 0 Å². The summed E-state index contributed by atoms with van der Waals surface area (Å²) in [5.41, 5.74) is 1.13. The second-order valence-corrected chi connectivity index (χ2v) is 7.21. The van der Waals surface area contributed by atoms with Gasteiger partial charge in [0.05, 0.1) is 5.75 Å². The van der Waals surface area contributed by atoms with Crippen LogP contribution in [0.25, 0.3) is 0 Å². The quantitative estimate of drug-likeness (QED) is 0.137. The third-order valence-corrected chi connectivity index (χ3v) is 4.70. The number of hydrogen-bond donors (Lipinski definition) is 2. The first kappa shape index (κ1) is 28.3. The smallest absolute Gasteiger partial charge is 0.542 e. The van der Waals surface area contributed by atoms with E-state index in [1.165, 1.54) is 11.8 Å². The van der Waals surface area contributed by atoms with Gasteiger partial charge >= 0.3 is 51.4 Å². The number of hydrogen-bond acceptors (Lipinski definition) is 6. The number of ketones is 1. The van der Waals surface area contributed by atoms with E-state index in [1.54, 1.807) is 24.3 Å². The van der Waals surface area contributed by atoms with Gasteiger partial charge in [0.1, 0.15) is 5.97 Å². The predicted molar refractivity (Wildman–Crippen MR) is 111 cm³/mol. The minimum Gasteiger partial charge on any atom is -0.542 e. The third kappa shape index (κ3) is 13.3. The summed E-state index contributed by atoms with van der Waals surface area (Å²) in [7, 11) is 0. The third-order valence-electron chi connectivity index (χ3n) is 3.74. The first-order valence-corrected chi connectivity index (χ1v) is 10.5. The Morgan fingerprint density at radius 1 is 1.07 bits per heavy atom. The number of Topliss-reactive ketones (excluding diaryl/α,β-unsaturated/α-hetero) is 1. The molecule has 0 bridgehead atoms. The molecule has 154 valence electrons. The summed E-state index contributed by atoms with van der Waals surface area (Å²) < 4.78 is 0. The topological polar surface area (TPSA) is 111 Å². The SMILES string of the molecule is CCCCN=C(NCCCC)SCC(=O)Nc1ccc(CC(=O)C(=O)[O-])cc1.[K+]. The summed E-state index contributed by atoms with van der Waals surface area (Å²) in [5, 5.41) is 17.3. The van der Waals surface area contributed by atoms with Crippen LogP contribution in [0.1, 0.15) is 45.1 Å². The Hall–Kier alpha value is -0.714. The fourth-order valence-electron chi connectivity index (χ4n) is 2.16. The summed E-state index contributed by atoms with van der Waals surface area (Å²) in [5.74, 6) is -2.60. The maximum Gasteiger partial charge on any atom is 1.00 e. The van der Waals surface area contributed by atoms with E-state index in [1.807, 2.05) is 0 Å². The van der Waals surface area contributed by atoms with Crippen molar-refractivity contribution in [2.45, 2.75) is 46.0 Å². The van der Waals surface area contributed by atoms with Crippen LogP contribution in [0.2, 0.25) is 0 Å². The average Bonchev–Trinajstić information content (AvgIpc) is 2.67. The van der Waals surface area contributed by atoms with E-state index in [-0.39, 0.29) is 69.5 Å². The number of aliphatic imine (C=N–C) groups is 1. The molecular weight excluding hydrogens is 417 g/mol. The molecule has 29 heavy (non-hydrogen) atoms. The van der Waals surface area contributed by atoms with Gasteiger partial charge in [0.15, 0.2) is 11.0 Å². The number of anilines is 1. The number of carboxylic acid groups (broad SMARTS) is 1. The number of amides is 1. The van der Waals surface area contributed by atoms with Crippen molar-refractivity contribution in [3.05, 3.63) is 29.8 Å². The summed E-state index contributed by atoms with van der Waals surface area (Å²) in [6, 6.07) is 6.48. The number of thioether (sulfide) groups is 1. The summed E-state index contributed by atoms with van der Waals surface area (Å²) in [6.45, 7) is 5.81. The van der Waals surface area contributed by atoms with Crippen molar-refractivity contribution in [1.29, 1.82) is 0 Å². The first-order chi connectivity index (χ1) is 13.5. The summed E-state index contributed by atoms with van der Waals surface area (Å²) in [4.78, 5) is 38.3. The van der Waals surface area contributed by atoms with Crippen LogP contribution in [-0.4, -0.2) is 41.7 Å². The number of carbonyl (C=O) groups is 3. The monoisotopic (exact) mass is 445 g/mol. The van der Waals surface area contributed by atoms with Gasteiger partial charge in [-0.1, -0.05) is 50.6 Å². The Balaban J connectivity index is 0.00000784. The van der Waals surface area contributed by atoms with Crippen LogP contribution in [0.15, 0.2) is 29.3 Å². The van der Waals surface area contributed by atoms with Crippen molar-refractivity contribution in [3.63, 3.8) is 0 Å². The van der Waals surface area contributed by atoms with E-state index in [0.717, 1.165) is 43.9 Å². The molecular formula is C20H28KN3O4S. The number of carboxylic acids is 1. The molecule has 0 aromatic heterocycles. The molecule has 0 unspecified atom stereocenters. The van der Waals surface area contributed by atoms with Crippen LogP contribution in [0, 0.1) is 0 Å². The van der Waals surface area contributed by atoms with Gasteiger partial charge < -0.3 is 20.5 Å². The maximum absolute atomic E-state index is 12.2. The van der Waals surface area contributed by atoms with Gasteiger partial charge in [0.2, 0.25) is 5.91 Å². The molecule has 1 amide bonds. The first-order valence-electron chi connectivity index (χ1n) is 9.50. The molecule has 0 spiro atoms. The van der Waals surface area contributed by atoms with Crippen LogP contribution < -0.4 is 67.1 Å². The van der Waals surface area contributed by atoms with Crippen molar-refractivity contribution in [3.8, 4) is 0 Å². The Labute approximate surface area is 219 Å². The standard InChI is InChI=1S/C20H29N3O4S.K/c1-3-5-11-21-20(22-12-6-4-2)28-14-18(25)23-16-9-7-15(8-10-16)13-17(24)19(26)27;/h7-10H,3-6,11-14H2,1-2H3,(H,21,22)(H,23,25)(H,26,27);/q;+1/p-1. The second kappa shape index (κ2) is 17.0. The predicted octanol–water partition coefficient (Wildman–Crippen LogP) is -1.23. The zero-order chi connectivity index (χ0) is 20.8. The number of rotatable bonds is 12. The molecule has 0 aliphatic heterocycles. The number of carbonyl (C=O) groups excluding carboxylic acids is 3.